The topological polar surface area (TPSA) is 85.1 Å². The molecule has 0 amide bonds. The Kier molecular flexibility index (Phi) is 5.02. The van der Waals surface area contributed by atoms with Crippen LogP contribution in [0.4, 0.5) is 28.7 Å². The van der Waals surface area contributed by atoms with Crippen LogP contribution in [-0.2, 0) is 0 Å². The number of para-hydroxylation sites is 1. The van der Waals surface area contributed by atoms with E-state index >= 15 is 0 Å². The molecule has 4 aromatic rings. The highest BCUT2D eigenvalue weighted by Crippen LogP contribution is 2.26. The van der Waals surface area contributed by atoms with Gasteiger partial charge in [-0.1, -0.05) is 30.3 Å². The van der Waals surface area contributed by atoms with Crippen molar-refractivity contribution in [1.82, 2.24) is 9.97 Å². The van der Waals surface area contributed by atoms with E-state index in [9.17, 15) is 0 Å². The molecule has 1 aromatic heterocycles. The van der Waals surface area contributed by atoms with Crippen LogP contribution in [0.2, 0.25) is 0 Å². The van der Waals surface area contributed by atoms with E-state index in [0.29, 0.717) is 17.3 Å². The number of benzene rings is 3. The quantitative estimate of drug-likeness (QED) is 0.398. The first kappa shape index (κ1) is 17.4. The standard InChI is InChI=1S/C22H19N5O/c23-16-6-4-7-17(12-16)26-21-14-22(25-15-24-21)27-18-8-5-11-20(13-18)28-19-9-2-1-3-10-19/h1-15H,23H2,(H2,24,25,26,27). The first-order valence-electron chi connectivity index (χ1n) is 8.79. The third-order valence-corrected chi connectivity index (χ3v) is 3.91. The van der Waals surface area contributed by atoms with Gasteiger partial charge in [-0.25, -0.2) is 9.97 Å². The first-order valence-corrected chi connectivity index (χ1v) is 8.79. The molecule has 0 aliphatic heterocycles. The fourth-order valence-corrected chi connectivity index (χ4v) is 2.67. The zero-order valence-corrected chi connectivity index (χ0v) is 15.0. The Labute approximate surface area is 163 Å². The van der Waals surface area contributed by atoms with Gasteiger partial charge in [-0.15, -0.1) is 0 Å². The van der Waals surface area contributed by atoms with Crippen molar-refractivity contribution >= 4 is 28.7 Å². The summed E-state index contributed by atoms with van der Waals surface area (Å²) in [5.74, 6) is 2.86. The number of rotatable bonds is 6. The molecular weight excluding hydrogens is 350 g/mol. The number of aromatic nitrogens is 2. The smallest absolute Gasteiger partial charge is 0.135 e. The monoisotopic (exact) mass is 369 g/mol. The van der Waals surface area contributed by atoms with E-state index in [2.05, 4.69) is 20.6 Å². The minimum atomic E-state index is 0.665. The van der Waals surface area contributed by atoms with Gasteiger partial charge in [0, 0.05) is 29.2 Å². The molecule has 0 fully saturated rings. The SMILES string of the molecule is Nc1cccc(Nc2cc(Nc3cccc(Oc4ccccc4)c3)ncn2)c1. The Morgan fingerprint density at radius 2 is 1.29 bits per heavy atom. The number of hydrogen-bond acceptors (Lipinski definition) is 6. The van der Waals surface area contributed by atoms with Gasteiger partial charge < -0.3 is 21.1 Å². The molecule has 0 radical (unpaired) electrons. The molecule has 138 valence electrons. The maximum absolute atomic E-state index is 5.87. The van der Waals surface area contributed by atoms with Gasteiger partial charge in [0.1, 0.15) is 29.5 Å². The molecule has 0 bridgehead atoms. The molecule has 0 aliphatic rings. The second-order valence-electron chi connectivity index (χ2n) is 6.11. The van der Waals surface area contributed by atoms with Crippen LogP contribution in [0.15, 0.2) is 91.3 Å². The predicted octanol–water partition coefficient (Wildman–Crippen LogP) is 5.34. The van der Waals surface area contributed by atoms with E-state index in [4.69, 9.17) is 10.5 Å². The zero-order chi connectivity index (χ0) is 19.2. The maximum Gasteiger partial charge on any atom is 0.135 e. The number of nitrogen functional groups attached to an aromatic ring is 1. The van der Waals surface area contributed by atoms with Gasteiger partial charge in [-0.05, 0) is 42.5 Å². The third-order valence-electron chi connectivity index (χ3n) is 3.91. The number of ether oxygens (including phenoxy) is 1. The van der Waals surface area contributed by atoms with Crippen LogP contribution < -0.4 is 21.1 Å². The van der Waals surface area contributed by atoms with Crippen LogP contribution in [0.5, 0.6) is 11.5 Å². The summed E-state index contributed by atoms with van der Waals surface area (Å²) in [4.78, 5) is 8.53. The number of hydrogen-bond donors (Lipinski definition) is 3. The predicted molar refractivity (Wildman–Crippen MR) is 112 cm³/mol. The number of nitrogens with zero attached hydrogens (tertiary/aromatic N) is 2. The Bertz CT molecular complexity index is 1070. The summed E-state index contributed by atoms with van der Waals surface area (Å²) in [7, 11) is 0. The minimum absolute atomic E-state index is 0.665. The Morgan fingerprint density at radius 1 is 0.643 bits per heavy atom. The molecule has 0 unspecified atom stereocenters. The van der Waals surface area contributed by atoms with Crippen LogP contribution in [0, 0.1) is 0 Å². The van der Waals surface area contributed by atoms with Crippen molar-refractivity contribution in [1.29, 1.82) is 0 Å². The van der Waals surface area contributed by atoms with Crippen molar-refractivity contribution in [3.8, 4) is 11.5 Å². The first-order chi connectivity index (χ1) is 13.7. The van der Waals surface area contributed by atoms with Crippen molar-refractivity contribution in [2.75, 3.05) is 16.4 Å². The lowest BCUT2D eigenvalue weighted by atomic mass is 10.3. The molecule has 4 N–H and O–H groups in total. The fraction of sp³-hybridized carbons (Fsp3) is 0. The summed E-state index contributed by atoms with van der Waals surface area (Å²) in [6.07, 6.45) is 1.50. The van der Waals surface area contributed by atoms with Crippen molar-refractivity contribution in [3.63, 3.8) is 0 Å². The maximum atomic E-state index is 5.87. The van der Waals surface area contributed by atoms with Crippen molar-refractivity contribution < 1.29 is 4.74 Å². The van der Waals surface area contributed by atoms with Crippen LogP contribution in [0.25, 0.3) is 0 Å². The average molecular weight is 369 g/mol. The van der Waals surface area contributed by atoms with Gasteiger partial charge in [0.05, 0.1) is 0 Å². The summed E-state index contributed by atoms with van der Waals surface area (Å²) >= 11 is 0. The van der Waals surface area contributed by atoms with Crippen molar-refractivity contribution in [3.05, 3.63) is 91.3 Å². The Balaban J connectivity index is 1.48. The van der Waals surface area contributed by atoms with Crippen LogP contribution in [0.3, 0.4) is 0 Å². The van der Waals surface area contributed by atoms with Gasteiger partial charge in [0.25, 0.3) is 0 Å². The molecule has 6 nitrogen and oxygen atoms in total. The molecule has 0 saturated carbocycles. The summed E-state index contributed by atoms with van der Waals surface area (Å²) < 4.78 is 5.87. The van der Waals surface area contributed by atoms with Gasteiger partial charge >= 0.3 is 0 Å². The largest absolute Gasteiger partial charge is 0.457 e. The van der Waals surface area contributed by atoms with Gasteiger partial charge in [0.15, 0.2) is 0 Å². The second kappa shape index (κ2) is 8.09. The van der Waals surface area contributed by atoms with Gasteiger partial charge in [-0.2, -0.15) is 0 Å². The molecule has 0 aliphatic carbocycles. The average Bonchev–Trinajstić information content (AvgIpc) is 2.69. The van der Waals surface area contributed by atoms with Crippen molar-refractivity contribution in [2.45, 2.75) is 0 Å². The lowest BCUT2D eigenvalue weighted by molar-refractivity contribution is 0.483. The molecule has 4 rings (SSSR count). The summed E-state index contributed by atoms with van der Waals surface area (Å²) in [6.45, 7) is 0. The lowest BCUT2D eigenvalue weighted by Gasteiger charge is -2.11. The van der Waals surface area contributed by atoms with Crippen LogP contribution in [-0.4, -0.2) is 9.97 Å². The number of anilines is 5. The van der Waals surface area contributed by atoms with E-state index in [1.165, 1.54) is 6.33 Å². The summed E-state index contributed by atoms with van der Waals surface area (Å²) in [6, 6.07) is 26.7. The Morgan fingerprint density at radius 3 is 2.00 bits per heavy atom. The molecule has 1 heterocycles. The normalized spacial score (nSPS) is 10.3. The summed E-state index contributed by atoms with van der Waals surface area (Å²) in [5, 5.41) is 6.49. The van der Waals surface area contributed by atoms with E-state index in [1.807, 2.05) is 84.9 Å². The van der Waals surface area contributed by atoms with Crippen LogP contribution >= 0.6 is 0 Å². The molecule has 3 aromatic carbocycles. The highest BCUT2D eigenvalue weighted by atomic mass is 16.5. The molecule has 0 atom stereocenters. The molecular formula is C22H19N5O. The summed E-state index contributed by atoms with van der Waals surface area (Å²) in [5.41, 5.74) is 8.23. The number of nitrogens with one attached hydrogen (secondary N) is 2. The van der Waals surface area contributed by atoms with Gasteiger partial charge in [0.2, 0.25) is 0 Å². The lowest BCUT2D eigenvalue weighted by Crippen LogP contribution is -1.99. The number of nitrogens with two attached hydrogens (primary N) is 1. The highest BCUT2D eigenvalue weighted by molar-refractivity contribution is 5.65. The molecule has 0 spiro atoms. The third kappa shape index (κ3) is 4.56. The molecule has 6 heteroatoms. The van der Waals surface area contributed by atoms with Crippen LogP contribution in [0.1, 0.15) is 0 Å². The zero-order valence-electron chi connectivity index (χ0n) is 15.0. The fourth-order valence-electron chi connectivity index (χ4n) is 2.67. The van der Waals surface area contributed by atoms with E-state index < -0.39 is 0 Å². The highest BCUT2D eigenvalue weighted by Gasteiger charge is 2.03. The van der Waals surface area contributed by atoms with Gasteiger partial charge in [-0.3, -0.25) is 0 Å². The Hall–Kier alpha value is -4.06. The molecule has 0 saturated heterocycles. The second-order valence-corrected chi connectivity index (χ2v) is 6.11. The van der Waals surface area contributed by atoms with E-state index in [1.54, 1.807) is 0 Å². The van der Waals surface area contributed by atoms with E-state index in [0.717, 1.165) is 22.9 Å². The molecule has 28 heavy (non-hydrogen) atoms. The minimum Gasteiger partial charge on any atom is -0.457 e. The van der Waals surface area contributed by atoms with E-state index in [-0.39, 0.29) is 0 Å². The van der Waals surface area contributed by atoms with Crippen molar-refractivity contribution in [2.24, 2.45) is 0 Å².